The van der Waals surface area contributed by atoms with Crippen molar-refractivity contribution in [3.05, 3.63) is 28.5 Å². The normalized spacial score (nSPS) is 10.6. The number of hydrogen-bond acceptors (Lipinski definition) is 3. The standard InChI is InChI=1S/C7H6N2O2/c1-4-2-8-3-5-6(4)11-7(10)9-5/h2-3H,1H3,(H,9,10). The number of H-pyrrole nitrogens is 1. The van der Waals surface area contributed by atoms with Gasteiger partial charge in [0.1, 0.15) is 5.52 Å². The Kier molecular flexibility index (Phi) is 1.09. The molecule has 1 N–H and O–H groups in total. The smallest absolute Gasteiger partial charge is 0.407 e. The fraction of sp³-hybridized carbons (Fsp3) is 0.143. The van der Waals surface area contributed by atoms with Crippen molar-refractivity contribution < 1.29 is 4.42 Å². The van der Waals surface area contributed by atoms with E-state index in [0.717, 1.165) is 5.56 Å². The summed E-state index contributed by atoms with van der Waals surface area (Å²) in [6.45, 7) is 1.84. The number of pyridine rings is 1. The van der Waals surface area contributed by atoms with Gasteiger partial charge in [-0.3, -0.25) is 9.97 Å². The van der Waals surface area contributed by atoms with Crippen LogP contribution in [0.1, 0.15) is 5.56 Å². The van der Waals surface area contributed by atoms with Gasteiger partial charge in [0.05, 0.1) is 6.20 Å². The summed E-state index contributed by atoms with van der Waals surface area (Å²) in [6, 6.07) is 0. The van der Waals surface area contributed by atoms with E-state index in [4.69, 9.17) is 4.42 Å². The maximum Gasteiger partial charge on any atom is 0.417 e. The zero-order chi connectivity index (χ0) is 7.84. The van der Waals surface area contributed by atoms with Gasteiger partial charge in [-0.15, -0.1) is 0 Å². The SMILES string of the molecule is Cc1cncc2[nH]c(=O)oc12. The molecule has 4 nitrogen and oxygen atoms in total. The average Bonchev–Trinajstić information content (AvgIpc) is 2.31. The summed E-state index contributed by atoms with van der Waals surface area (Å²) in [5.74, 6) is -0.434. The van der Waals surface area contributed by atoms with Crippen LogP contribution in [0.2, 0.25) is 0 Å². The Labute approximate surface area is 61.9 Å². The highest BCUT2D eigenvalue weighted by Gasteiger charge is 2.01. The molecule has 56 valence electrons. The molecule has 0 aliphatic rings. The lowest BCUT2D eigenvalue weighted by Gasteiger charge is -1.88. The van der Waals surface area contributed by atoms with E-state index in [2.05, 4.69) is 9.97 Å². The summed E-state index contributed by atoms with van der Waals surface area (Å²) in [5.41, 5.74) is 2.10. The Bertz CT molecular complexity index is 441. The maximum absolute atomic E-state index is 10.7. The van der Waals surface area contributed by atoms with Gasteiger partial charge in [-0.05, 0) is 6.92 Å². The van der Waals surface area contributed by atoms with Crippen LogP contribution in [0.5, 0.6) is 0 Å². The molecule has 2 aromatic rings. The molecule has 0 unspecified atom stereocenters. The van der Waals surface area contributed by atoms with Crippen molar-refractivity contribution in [3.8, 4) is 0 Å². The van der Waals surface area contributed by atoms with Gasteiger partial charge in [0.2, 0.25) is 0 Å². The van der Waals surface area contributed by atoms with Crippen molar-refractivity contribution in [1.82, 2.24) is 9.97 Å². The summed E-state index contributed by atoms with van der Waals surface area (Å²) < 4.78 is 4.85. The summed E-state index contributed by atoms with van der Waals surface area (Å²) >= 11 is 0. The van der Waals surface area contributed by atoms with Crippen molar-refractivity contribution in [2.45, 2.75) is 6.92 Å². The third-order valence-corrected chi connectivity index (χ3v) is 1.51. The van der Waals surface area contributed by atoms with Crippen LogP contribution in [-0.2, 0) is 0 Å². The Morgan fingerprint density at radius 2 is 2.36 bits per heavy atom. The Balaban J connectivity index is 3.01. The number of aromatic nitrogens is 2. The molecule has 2 heterocycles. The quantitative estimate of drug-likeness (QED) is 0.604. The van der Waals surface area contributed by atoms with E-state index >= 15 is 0 Å². The van der Waals surface area contributed by atoms with E-state index in [1.807, 2.05) is 6.92 Å². The van der Waals surface area contributed by atoms with Gasteiger partial charge in [-0.2, -0.15) is 0 Å². The van der Waals surface area contributed by atoms with E-state index in [0.29, 0.717) is 11.1 Å². The molecule has 2 aromatic heterocycles. The number of nitrogens with zero attached hydrogens (tertiary/aromatic N) is 1. The zero-order valence-corrected chi connectivity index (χ0v) is 5.92. The van der Waals surface area contributed by atoms with Crippen molar-refractivity contribution in [2.24, 2.45) is 0 Å². The fourth-order valence-electron chi connectivity index (χ4n) is 1.01. The molecule has 0 saturated carbocycles. The van der Waals surface area contributed by atoms with E-state index < -0.39 is 5.76 Å². The average molecular weight is 150 g/mol. The molecule has 0 aliphatic carbocycles. The van der Waals surface area contributed by atoms with Gasteiger partial charge in [-0.1, -0.05) is 0 Å². The first-order valence-corrected chi connectivity index (χ1v) is 3.21. The predicted molar refractivity (Wildman–Crippen MR) is 39.4 cm³/mol. The molecular formula is C7H6N2O2. The van der Waals surface area contributed by atoms with Crippen LogP contribution in [0.25, 0.3) is 11.1 Å². The molecule has 0 aliphatic heterocycles. The molecule has 0 bridgehead atoms. The number of fused-ring (bicyclic) bond motifs is 1. The Morgan fingerprint density at radius 1 is 1.55 bits per heavy atom. The summed E-state index contributed by atoms with van der Waals surface area (Å²) in [7, 11) is 0. The first-order chi connectivity index (χ1) is 5.27. The Morgan fingerprint density at radius 3 is 3.09 bits per heavy atom. The molecule has 0 fully saturated rings. The molecular weight excluding hydrogens is 144 g/mol. The van der Waals surface area contributed by atoms with Crippen LogP contribution < -0.4 is 5.76 Å². The zero-order valence-electron chi connectivity index (χ0n) is 5.92. The minimum absolute atomic E-state index is 0.434. The number of oxazole rings is 1. The monoisotopic (exact) mass is 150 g/mol. The van der Waals surface area contributed by atoms with Crippen LogP contribution in [0.4, 0.5) is 0 Å². The molecule has 0 atom stereocenters. The summed E-state index contributed by atoms with van der Waals surface area (Å²) in [5, 5.41) is 0. The third-order valence-electron chi connectivity index (χ3n) is 1.51. The number of hydrogen-bond donors (Lipinski definition) is 1. The van der Waals surface area contributed by atoms with Crippen molar-refractivity contribution in [3.63, 3.8) is 0 Å². The van der Waals surface area contributed by atoms with E-state index in [1.165, 1.54) is 0 Å². The van der Waals surface area contributed by atoms with Gasteiger partial charge >= 0.3 is 5.76 Å². The predicted octanol–water partition coefficient (Wildman–Crippen LogP) is 0.825. The minimum Gasteiger partial charge on any atom is -0.407 e. The molecule has 0 radical (unpaired) electrons. The number of rotatable bonds is 0. The second kappa shape index (κ2) is 1.95. The summed E-state index contributed by atoms with van der Waals surface area (Å²) in [4.78, 5) is 17.1. The van der Waals surface area contributed by atoms with E-state index in [9.17, 15) is 4.79 Å². The molecule has 2 rings (SSSR count). The van der Waals surface area contributed by atoms with Crippen LogP contribution in [0, 0.1) is 6.92 Å². The second-order valence-corrected chi connectivity index (χ2v) is 2.35. The van der Waals surface area contributed by atoms with Gasteiger partial charge in [0, 0.05) is 11.8 Å². The van der Waals surface area contributed by atoms with E-state index in [1.54, 1.807) is 12.4 Å². The fourth-order valence-corrected chi connectivity index (χ4v) is 1.01. The topological polar surface area (TPSA) is 58.9 Å². The highest BCUT2D eigenvalue weighted by molar-refractivity contribution is 5.73. The second-order valence-electron chi connectivity index (χ2n) is 2.35. The number of nitrogens with one attached hydrogen (secondary N) is 1. The lowest BCUT2D eigenvalue weighted by Crippen LogP contribution is -1.92. The minimum atomic E-state index is -0.434. The number of aromatic amines is 1. The molecule has 0 amide bonds. The molecule has 0 spiro atoms. The van der Waals surface area contributed by atoms with Gasteiger partial charge < -0.3 is 4.42 Å². The lowest BCUT2D eigenvalue weighted by molar-refractivity contribution is 0.553. The molecule has 11 heavy (non-hydrogen) atoms. The highest BCUT2D eigenvalue weighted by Crippen LogP contribution is 2.11. The molecule has 0 saturated heterocycles. The van der Waals surface area contributed by atoms with Crippen LogP contribution in [0.3, 0.4) is 0 Å². The van der Waals surface area contributed by atoms with Gasteiger partial charge in [0.15, 0.2) is 5.58 Å². The van der Waals surface area contributed by atoms with Crippen molar-refractivity contribution >= 4 is 11.1 Å². The summed E-state index contributed by atoms with van der Waals surface area (Å²) in [6.07, 6.45) is 3.21. The Hall–Kier alpha value is -1.58. The number of aryl methyl sites for hydroxylation is 1. The van der Waals surface area contributed by atoms with Crippen LogP contribution in [-0.4, -0.2) is 9.97 Å². The largest absolute Gasteiger partial charge is 0.417 e. The molecule has 4 heteroatoms. The van der Waals surface area contributed by atoms with Crippen molar-refractivity contribution in [2.75, 3.05) is 0 Å². The third kappa shape index (κ3) is 0.832. The lowest BCUT2D eigenvalue weighted by atomic mass is 10.3. The van der Waals surface area contributed by atoms with E-state index in [-0.39, 0.29) is 0 Å². The van der Waals surface area contributed by atoms with Crippen molar-refractivity contribution in [1.29, 1.82) is 0 Å². The van der Waals surface area contributed by atoms with Crippen LogP contribution in [0.15, 0.2) is 21.6 Å². The maximum atomic E-state index is 10.7. The van der Waals surface area contributed by atoms with Gasteiger partial charge in [-0.25, -0.2) is 4.79 Å². The van der Waals surface area contributed by atoms with Gasteiger partial charge in [0.25, 0.3) is 0 Å². The first kappa shape index (κ1) is 6.15. The first-order valence-electron chi connectivity index (χ1n) is 3.21. The highest BCUT2D eigenvalue weighted by atomic mass is 16.4. The van der Waals surface area contributed by atoms with Crippen LogP contribution >= 0.6 is 0 Å². The molecule has 0 aromatic carbocycles.